The fourth-order valence-corrected chi connectivity index (χ4v) is 3.33. The number of carbonyl (C=O) groups excluding carboxylic acids is 1. The van der Waals surface area contributed by atoms with Crippen LogP contribution < -0.4 is 5.32 Å². The van der Waals surface area contributed by atoms with Crippen molar-refractivity contribution >= 4 is 15.7 Å². The maximum absolute atomic E-state index is 12.3. The summed E-state index contributed by atoms with van der Waals surface area (Å²) in [6.07, 6.45) is 0. The third-order valence-electron chi connectivity index (χ3n) is 3.59. The van der Waals surface area contributed by atoms with E-state index in [2.05, 4.69) is 10.5 Å². The lowest BCUT2D eigenvalue weighted by Gasteiger charge is -2.18. The van der Waals surface area contributed by atoms with Gasteiger partial charge >= 0.3 is 0 Å². The topological polar surface area (TPSA) is 89.3 Å². The second kappa shape index (κ2) is 6.95. The number of nitrogens with zero attached hydrogens (tertiary/aromatic N) is 1. The first kappa shape index (κ1) is 17.2. The molecular formula is C16H20N2O4S. The van der Waals surface area contributed by atoms with Crippen LogP contribution in [0.15, 0.2) is 40.9 Å². The quantitative estimate of drug-likeness (QED) is 0.873. The molecule has 0 aliphatic rings. The molecule has 2 rings (SSSR count). The van der Waals surface area contributed by atoms with E-state index in [1.807, 2.05) is 37.3 Å². The van der Waals surface area contributed by atoms with E-state index in [0.29, 0.717) is 11.5 Å². The van der Waals surface area contributed by atoms with Crippen molar-refractivity contribution in [1.29, 1.82) is 0 Å². The Kier molecular flexibility index (Phi) is 5.20. The van der Waals surface area contributed by atoms with Gasteiger partial charge in [-0.2, -0.15) is 0 Å². The summed E-state index contributed by atoms with van der Waals surface area (Å²) in [5, 5.41) is 5.24. The van der Waals surface area contributed by atoms with Crippen LogP contribution in [0.5, 0.6) is 0 Å². The number of nitrogens with one attached hydrogen (secondary N) is 1. The highest BCUT2D eigenvalue weighted by molar-refractivity contribution is 7.92. The van der Waals surface area contributed by atoms with Crippen LogP contribution in [-0.4, -0.2) is 24.7 Å². The number of benzene rings is 1. The molecule has 23 heavy (non-hydrogen) atoms. The first-order chi connectivity index (χ1) is 10.8. The smallest absolute Gasteiger partial charge is 0.238 e. The van der Waals surface area contributed by atoms with E-state index < -0.39 is 21.0 Å². The monoisotopic (exact) mass is 336 g/mol. The van der Waals surface area contributed by atoms with Gasteiger partial charge in [0.05, 0.1) is 17.5 Å². The molecule has 6 nitrogen and oxygen atoms in total. The Bertz CT molecular complexity index is 768. The zero-order chi connectivity index (χ0) is 17.0. The summed E-state index contributed by atoms with van der Waals surface area (Å²) in [5.74, 6) is -0.315. The molecule has 1 heterocycles. The number of rotatable bonds is 6. The SMILES string of the molecule is Cc1cc(CS(=O)(=O)[C@@H](C)C(=O)N[C@H](C)c2ccccc2)no1. The van der Waals surface area contributed by atoms with Crippen molar-refractivity contribution in [3.8, 4) is 0 Å². The first-order valence-corrected chi connectivity index (χ1v) is 9.00. The Balaban J connectivity index is 2.03. The molecule has 2 atom stereocenters. The van der Waals surface area contributed by atoms with E-state index in [4.69, 9.17) is 4.52 Å². The third kappa shape index (κ3) is 4.41. The number of hydrogen-bond donors (Lipinski definition) is 1. The zero-order valence-electron chi connectivity index (χ0n) is 13.3. The van der Waals surface area contributed by atoms with Gasteiger partial charge in [0, 0.05) is 6.07 Å². The minimum absolute atomic E-state index is 0.268. The van der Waals surface area contributed by atoms with Gasteiger partial charge in [0.1, 0.15) is 11.0 Å². The molecule has 124 valence electrons. The fraction of sp³-hybridized carbons (Fsp3) is 0.375. The summed E-state index contributed by atoms with van der Waals surface area (Å²) < 4.78 is 29.5. The van der Waals surface area contributed by atoms with Crippen LogP contribution in [0.1, 0.15) is 36.9 Å². The minimum Gasteiger partial charge on any atom is -0.361 e. The van der Waals surface area contributed by atoms with E-state index in [0.717, 1.165) is 5.56 Å². The zero-order valence-corrected chi connectivity index (χ0v) is 14.1. The molecule has 0 bridgehead atoms. The highest BCUT2D eigenvalue weighted by atomic mass is 32.2. The van der Waals surface area contributed by atoms with Gasteiger partial charge in [-0.05, 0) is 26.3 Å². The van der Waals surface area contributed by atoms with Crippen molar-refractivity contribution in [2.45, 2.75) is 37.8 Å². The summed E-state index contributed by atoms with van der Waals surface area (Å²) in [5.41, 5.74) is 1.22. The molecule has 0 aliphatic carbocycles. The molecule has 1 amide bonds. The summed E-state index contributed by atoms with van der Waals surface area (Å²) in [6, 6.07) is 10.6. The van der Waals surface area contributed by atoms with Crippen LogP contribution in [0, 0.1) is 6.92 Å². The molecule has 0 radical (unpaired) electrons. The summed E-state index contributed by atoms with van der Waals surface area (Å²) in [7, 11) is -3.66. The Labute approximate surface area is 135 Å². The molecule has 0 saturated heterocycles. The van der Waals surface area contributed by atoms with Crippen molar-refractivity contribution < 1.29 is 17.7 Å². The standard InChI is InChI=1S/C16H20N2O4S/c1-11-9-15(18-22-11)10-23(20,21)13(3)16(19)17-12(2)14-7-5-4-6-8-14/h4-9,12-13H,10H2,1-3H3,(H,17,19)/t12-,13+/m1/s1. The number of sulfone groups is 1. The summed E-state index contributed by atoms with van der Waals surface area (Å²) >= 11 is 0. The molecule has 7 heteroatoms. The van der Waals surface area contributed by atoms with Gasteiger partial charge in [-0.3, -0.25) is 4.79 Å². The van der Waals surface area contributed by atoms with Crippen molar-refractivity contribution in [2.75, 3.05) is 0 Å². The van der Waals surface area contributed by atoms with Crippen LogP contribution in [-0.2, 0) is 20.4 Å². The van der Waals surface area contributed by atoms with Gasteiger partial charge < -0.3 is 9.84 Å². The summed E-state index contributed by atoms with van der Waals surface area (Å²) in [6.45, 7) is 4.88. The lowest BCUT2D eigenvalue weighted by Crippen LogP contribution is -2.39. The first-order valence-electron chi connectivity index (χ1n) is 7.28. The lowest BCUT2D eigenvalue weighted by atomic mass is 10.1. The van der Waals surface area contributed by atoms with E-state index in [-0.39, 0.29) is 11.8 Å². The lowest BCUT2D eigenvalue weighted by molar-refractivity contribution is -0.121. The van der Waals surface area contributed by atoms with Gasteiger partial charge in [0.15, 0.2) is 9.84 Å². The van der Waals surface area contributed by atoms with Gasteiger partial charge in [-0.15, -0.1) is 0 Å². The van der Waals surface area contributed by atoms with Crippen LogP contribution in [0.25, 0.3) is 0 Å². The van der Waals surface area contributed by atoms with Crippen LogP contribution in [0.3, 0.4) is 0 Å². The van der Waals surface area contributed by atoms with Crippen molar-refractivity contribution in [3.63, 3.8) is 0 Å². The molecular weight excluding hydrogens is 316 g/mol. The molecule has 0 spiro atoms. The molecule has 1 N–H and O–H groups in total. The highest BCUT2D eigenvalue weighted by Crippen LogP contribution is 2.15. The Morgan fingerprint density at radius 1 is 1.26 bits per heavy atom. The average molecular weight is 336 g/mol. The largest absolute Gasteiger partial charge is 0.361 e. The second-order valence-corrected chi connectivity index (χ2v) is 7.84. The Hall–Kier alpha value is -2.15. The number of hydrogen-bond acceptors (Lipinski definition) is 5. The number of amides is 1. The predicted octanol–water partition coefficient (Wildman–Crippen LogP) is 2.16. The maximum Gasteiger partial charge on any atom is 0.238 e. The van der Waals surface area contributed by atoms with E-state index in [1.165, 1.54) is 6.92 Å². The molecule has 0 fully saturated rings. The maximum atomic E-state index is 12.3. The van der Waals surface area contributed by atoms with Crippen molar-refractivity contribution in [3.05, 3.63) is 53.4 Å². The molecule has 0 unspecified atom stereocenters. The average Bonchev–Trinajstić information content (AvgIpc) is 2.91. The molecule has 1 aromatic carbocycles. The van der Waals surface area contributed by atoms with Gasteiger partial charge in [-0.1, -0.05) is 35.5 Å². The predicted molar refractivity (Wildman–Crippen MR) is 86.3 cm³/mol. The Morgan fingerprint density at radius 2 is 1.91 bits per heavy atom. The van der Waals surface area contributed by atoms with Gasteiger partial charge in [0.25, 0.3) is 0 Å². The third-order valence-corrected chi connectivity index (χ3v) is 5.58. The van der Waals surface area contributed by atoms with Crippen molar-refractivity contribution in [1.82, 2.24) is 10.5 Å². The van der Waals surface area contributed by atoms with Crippen LogP contribution in [0.4, 0.5) is 0 Å². The number of carbonyl (C=O) groups is 1. The van der Waals surface area contributed by atoms with E-state index in [9.17, 15) is 13.2 Å². The van der Waals surface area contributed by atoms with Gasteiger partial charge in [0.2, 0.25) is 5.91 Å². The molecule has 2 aromatic rings. The van der Waals surface area contributed by atoms with Crippen molar-refractivity contribution in [2.24, 2.45) is 0 Å². The molecule has 1 aromatic heterocycles. The van der Waals surface area contributed by atoms with E-state index >= 15 is 0 Å². The number of aryl methyl sites for hydroxylation is 1. The summed E-state index contributed by atoms with van der Waals surface area (Å²) in [4.78, 5) is 12.2. The van der Waals surface area contributed by atoms with Gasteiger partial charge in [-0.25, -0.2) is 8.42 Å². The molecule has 0 aliphatic heterocycles. The Morgan fingerprint density at radius 3 is 2.48 bits per heavy atom. The van der Waals surface area contributed by atoms with E-state index in [1.54, 1.807) is 13.0 Å². The number of aromatic nitrogens is 1. The minimum atomic E-state index is -3.66. The van der Waals surface area contributed by atoms with Crippen LogP contribution in [0.2, 0.25) is 0 Å². The second-order valence-electron chi connectivity index (χ2n) is 5.52. The molecule has 0 saturated carbocycles. The highest BCUT2D eigenvalue weighted by Gasteiger charge is 2.30. The normalized spacial score (nSPS) is 14.2. The van der Waals surface area contributed by atoms with Crippen LogP contribution >= 0.6 is 0 Å². The fourth-order valence-electron chi connectivity index (χ4n) is 2.14.